The maximum atomic E-state index is 5.34. The highest BCUT2D eigenvalue weighted by Gasteiger charge is 2.74. The first-order chi connectivity index (χ1) is 26.3. The van der Waals surface area contributed by atoms with E-state index in [1.807, 2.05) is 6.20 Å². The molecule has 1 saturated carbocycles. The van der Waals surface area contributed by atoms with Gasteiger partial charge >= 0.3 is 0 Å². The lowest BCUT2D eigenvalue weighted by Crippen LogP contribution is -2.26. The summed E-state index contributed by atoms with van der Waals surface area (Å²) in [6, 6.07) is 51.1. The highest BCUT2D eigenvalue weighted by molar-refractivity contribution is 6.27. The molecule has 3 aliphatic carbocycles. The van der Waals surface area contributed by atoms with E-state index in [1.165, 1.54) is 93.6 Å². The summed E-state index contributed by atoms with van der Waals surface area (Å²) < 4.78 is 4.82. The van der Waals surface area contributed by atoms with Gasteiger partial charge in [0, 0.05) is 68.0 Å². The SMILES string of the molecule is C1=CC2C3c4ncccc4C4=CN=C(n5c6ccc(-c7ccc8c(c7)c7ccccc7n8-c7ccccc7)cc6c6c7ccccc7ccc65)C(=C1)C423. The molecule has 3 unspecified atom stereocenters. The predicted octanol–water partition coefficient (Wildman–Crippen LogP) is 11.6. The average molecular weight is 675 g/mol. The Kier molecular flexibility index (Phi) is 5.13. The number of hydrogen-bond donors (Lipinski definition) is 0. The molecule has 3 atom stereocenters. The molecule has 0 bridgehead atoms. The second-order valence-corrected chi connectivity index (χ2v) is 14.9. The second kappa shape index (κ2) is 9.75. The van der Waals surface area contributed by atoms with E-state index in [9.17, 15) is 0 Å². The van der Waals surface area contributed by atoms with Crippen LogP contribution in [0.3, 0.4) is 0 Å². The van der Waals surface area contributed by atoms with Crippen LogP contribution in [0, 0.1) is 11.3 Å². The molecule has 0 saturated heterocycles. The summed E-state index contributed by atoms with van der Waals surface area (Å²) in [5.41, 5.74) is 13.4. The molecule has 0 amide bonds. The van der Waals surface area contributed by atoms with Gasteiger partial charge in [-0.1, -0.05) is 103 Å². The first kappa shape index (κ1) is 27.9. The number of aromatic nitrogens is 3. The minimum atomic E-state index is -0.0867. The lowest BCUT2D eigenvalue weighted by Gasteiger charge is -2.29. The molecule has 246 valence electrons. The molecular weight excluding hydrogens is 645 g/mol. The number of pyridine rings is 1. The van der Waals surface area contributed by atoms with Gasteiger partial charge in [-0.15, -0.1) is 0 Å². The van der Waals surface area contributed by atoms with E-state index in [2.05, 4.69) is 173 Å². The van der Waals surface area contributed by atoms with Gasteiger partial charge in [0.2, 0.25) is 0 Å². The molecule has 1 fully saturated rings. The van der Waals surface area contributed by atoms with E-state index < -0.39 is 0 Å². The van der Waals surface area contributed by atoms with Crippen molar-refractivity contribution in [2.75, 3.05) is 0 Å². The first-order valence-electron chi connectivity index (χ1n) is 18.5. The van der Waals surface area contributed by atoms with E-state index in [4.69, 9.17) is 9.98 Å². The summed E-state index contributed by atoms with van der Waals surface area (Å²) in [4.78, 5) is 10.3. The number of benzene rings is 6. The standard InChI is InChI=1S/C49H30N4/c1-2-11-32(12-3-1)52-41-18-7-6-14-34(41)36-26-30(20-22-42(36)52)31-21-23-43-37(27-31)45-33-13-5-4-10-29(33)19-24-44(45)53(43)48-39-17-8-16-38-46-47-35(15-9-25-50-47)40(28-51-48)49(38,39)46/h1-28,38,46H. The van der Waals surface area contributed by atoms with Gasteiger partial charge in [-0.05, 0) is 82.1 Å². The Morgan fingerprint density at radius 2 is 1.30 bits per heavy atom. The molecule has 3 aromatic heterocycles. The highest BCUT2D eigenvalue weighted by atomic mass is 15.1. The summed E-state index contributed by atoms with van der Waals surface area (Å²) in [6.45, 7) is 0. The topological polar surface area (TPSA) is 35.1 Å². The molecule has 4 aliphatic rings. The third kappa shape index (κ3) is 3.37. The number of allylic oxidation sites excluding steroid dienone is 5. The zero-order chi connectivity index (χ0) is 34.4. The first-order valence-corrected chi connectivity index (χ1v) is 18.5. The van der Waals surface area contributed by atoms with Crippen LogP contribution in [0.4, 0.5) is 0 Å². The average Bonchev–Trinajstić information content (AvgIpc) is 3.44. The van der Waals surface area contributed by atoms with E-state index in [0.29, 0.717) is 11.8 Å². The van der Waals surface area contributed by atoms with Crippen LogP contribution in [-0.4, -0.2) is 20.0 Å². The van der Waals surface area contributed by atoms with Crippen molar-refractivity contribution in [1.29, 1.82) is 0 Å². The van der Waals surface area contributed by atoms with Crippen LogP contribution < -0.4 is 0 Å². The maximum absolute atomic E-state index is 5.34. The number of fused-ring (bicyclic) bond motifs is 12. The normalized spacial score (nSPS) is 20.8. The van der Waals surface area contributed by atoms with E-state index in [-0.39, 0.29) is 5.41 Å². The van der Waals surface area contributed by atoms with Gasteiger partial charge in [-0.3, -0.25) is 9.55 Å². The number of nitrogens with zero attached hydrogens (tertiary/aromatic N) is 4. The molecule has 1 aliphatic heterocycles. The molecule has 0 radical (unpaired) electrons. The Morgan fingerprint density at radius 1 is 0.566 bits per heavy atom. The van der Waals surface area contributed by atoms with Crippen LogP contribution in [0.15, 0.2) is 181 Å². The second-order valence-electron chi connectivity index (χ2n) is 14.9. The van der Waals surface area contributed by atoms with Crippen molar-refractivity contribution in [3.05, 3.63) is 187 Å². The van der Waals surface area contributed by atoms with Crippen molar-refractivity contribution in [2.24, 2.45) is 16.3 Å². The highest BCUT2D eigenvalue weighted by Crippen LogP contribution is 2.81. The van der Waals surface area contributed by atoms with Gasteiger partial charge in [0.05, 0.1) is 27.8 Å². The minimum absolute atomic E-state index is 0.0867. The molecule has 1 spiro atoms. The molecule has 4 heteroatoms. The largest absolute Gasteiger partial charge is 0.309 e. The monoisotopic (exact) mass is 674 g/mol. The maximum Gasteiger partial charge on any atom is 0.141 e. The Bertz CT molecular complexity index is 3240. The van der Waals surface area contributed by atoms with Crippen LogP contribution in [0.25, 0.3) is 76.8 Å². The predicted molar refractivity (Wildman–Crippen MR) is 218 cm³/mol. The fourth-order valence-electron chi connectivity index (χ4n) is 10.4. The van der Waals surface area contributed by atoms with Crippen molar-refractivity contribution < 1.29 is 0 Å². The van der Waals surface area contributed by atoms with Crippen LogP contribution in [0.5, 0.6) is 0 Å². The lowest BCUT2D eigenvalue weighted by molar-refractivity contribution is 0.764. The van der Waals surface area contributed by atoms with Crippen LogP contribution >= 0.6 is 0 Å². The molecule has 53 heavy (non-hydrogen) atoms. The summed E-state index contributed by atoms with van der Waals surface area (Å²) in [6.07, 6.45) is 11.1. The Hall–Kier alpha value is -6.78. The smallest absolute Gasteiger partial charge is 0.141 e. The van der Waals surface area contributed by atoms with Crippen molar-refractivity contribution in [3.63, 3.8) is 0 Å². The van der Waals surface area contributed by atoms with E-state index in [1.54, 1.807) is 0 Å². The van der Waals surface area contributed by atoms with Gasteiger partial charge in [0.15, 0.2) is 0 Å². The van der Waals surface area contributed by atoms with Gasteiger partial charge in [0.1, 0.15) is 5.84 Å². The van der Waals surface area contributed by atoms with Crippen molar-refractivity contribution in [1.82, 2.24) is 14.1 Å². The Labute approximate surface area is 305 Å². The lowest BCUT2D eigenvalue weighted by atomic mass is 9.80. The fourth-order valence-corrected chi connectivity index (χ4v) is 10.4. The molecule has 9 aromatic rings. The summed E-state index contributed by atoms with van der Waals surface area (Å²) >= 11 is 0. The summed E-state index contributed by atoms with van der Waals surface area (Å²) in [7, 11) is 0. The quantitative estimate of drug-likeness (QED) is 0.180. The third-order valence-electron chi connectivity index (χ3n) is 12.6. The molecule has 4 heterocycles. The van der Waals surface area contributed by atoms with Crippen LogP contribution in [-0.2, 0) is 0 Å². The van der Waals surface area contributed by atoms with Gasteiger partial charge in [-0.25, -0.2) is 4.99 Å². The van der Waals surface area contributed by atoms with Gasteiger partial charge in [-0.2, -0.15) is 0 Å². The summed E-state index contributed by atoms with van der Waals surface area (Å²) in [5.74, 6) is 1.81. The molecular formula is C49H30N4. The fraction of sp³-hybridized carbons (Fsp3) is 0.0612. The zero-order valence-corrected chi connectivity index (χ0v) is 28.6. The van der Waals surface area contributed by atoms with E-state index >= 15 is 0 Å². The number of rotatable bonds is 2. The summed E-state index contributed by atoms with van der Waals surface area (Å²) in [5, 5.41) is 7.52. The molecule has 4 nitrogen and oxygen atoms in total. The third-order valence-corrected chi connectivity index (χ3v) is 12.6. The Morgan fingerprint density at radius 3 is 2.19 bits per heavy atom. The van der Waals surface area contributed by atoms with Crippen molar-refractivity contribution >= 4 is 65.8 Å². The number of aliphatic imine (C=N–C) groups is 1. The van der Waals surface area contributed by atoms with E-state index in [0.717, 1.165) is 5.84 Å². The zero-order valence-electron chi connectivity index (χ0n) is 28.6. The van der Waals surface area contributed by atoms with Crippen molar-refractivity contribution in [3.8, 4) is 16.8 Å². The van der Waals surface area contributed by atoms with Crippen molar-refractivity contribution in [2.45, 2.75) is 5.92 Å². The molecule has 0 N–H and O–H groups in total. The Balaban J connectivity index is 1.05. The number of para-hydroxylation sites is 2. The number of hydrogen-bond acceptors (Lipinski definition) is 2. The van der Waals surface area contributed by atoms with Crippen LogP contribution in [0.1, 0.15) is 17.2 Å². The molecule has 13 rings (SSSR count). The minimum Gasteiger partial charge on any atom is -0.309 e. The van der Waals surface area contributed by atoms with Gasteiger partial charge in [0.25, 0.3) is 0 Å². The molecule has 6 aromatic carbocycles. The van der Waals surface area contributed by atoms with Crippen LogP contribution in [0.2, 0.25) is 0 Å². The van der Waals surface area contributed by atoms with Gasteiger partial charge < -0.3 is 4.57 Å².